The minimum atomic E-state index is -0.697. The number of ether oxygens (including phenoxy) is 1. The van der Waals surface area contributed by atoms with Crippen LogP contribution in [0.1, 0.15) is 5.56 Å². The van der Waals surface area contributed by atoms with Crippen molar-refractivity contribution >= 4 is 62.5 Å². The molecule has 0 saturated carbocycles. The van der Waals surface area contributed by atoms with Crippen molar-refractivity contribution < 1.29 is 24.2 Å². The number of halogens is 2. The highest BCUT2D eigenvalue weighted by Crippen LogP contribution is 2.37. The molecule has 2 rings (SSSR count). The van der Waals surface area contributed by atoms with E-state index in [0.717, 1.165) is 4.90 Å². The summed E-state index contributed by atoms with van der Waals surface area (Å²) in [5.74, 6) is -1.53. The van der Waals surface area contributed by atoms with Gasteiger partial charge in [0.2, 0.25) is 0 Å². The van der Waals surface area contributed by atoms with Crippen molar-refractivity contribution in [2.75, 3.05) is 13.7 Å². The van der Waals surface area contributed by atoms with E-state index in [1.807, 2.05) is 0 Å². The monoisotopic (exact) mass is 405 g/mol. The van der Waals surface area contributed by atoms with Gasteiger partial charge in [0.25, 0.3) is 11.1 Å². The van der Waals surface area contributed by atoms with E-state index in [1.54, 1.807) is 6.07 Å². The summed E-state index contributed by atoms with van der Waals surface area (Å²) in [5, 5.41) is 9.42. The third kappa shape index (κ3) is 3.45. The molecule has 1 aliphatic rings. The molecule has 1 fully saturated rings. The number of methoxy groups -OCH3 is 1. The molecule has 22 heavy (non-hydrogen) atoms. The number of rotatable bonds is 3. The van der Waals surface area contributed by atoms with Crippen molar-refractivity contribution in [3.63, 3.8) is 0 Å². The third-order valence-corrected chi connectivity index (χ3v) is 4.39. The van der Waals surface area contributed by atoms with Gasteiger partial charge in [0.05, 0.1) is 17.0 Å². The first kappa shape index (κ1) is 16.9. The van der Waals surface area contributed by atoms with E-state index < -0.39 is 23.7 Å². The minimum absolute atomic E-state index is 0.0818. The maximum atomic E-state index is 12.1. The molecule has 116 valence electrons. The number of phenolic OH excluding ortho intramolecular Hbond substituents is 1. The molecule has 1 N–H and O–H groups in total. The Bertz CT molecular complexity index is 706. The van der Waals surface area contributed by atoms with Crippen LogP contribution in [0.5, 0.6) is 5.75 Å². The number of hydrogen-bond acceptors (Lipinski definition) is 6. The van der Waals surface area contributed by atoms with Gasteiger partial charge in [-0.05, 0) is 30.0 Å². The summed E-state index contributed by atoms with van der Waals surface area (Å²) in [7, 11) is 1.17. The third-order valence-electron chi connectivity index (χ3n) is 2.73. The number of amides is 2. The maximum absolute atomic E-state index is 12.1. The average Bonchev–Trinajstić information content (AvgIpc) is 2.71. The van der Waals surface area contributed by atoms with Crippen LogP contribution in [-0.2, 0) is 14.3 Å². The van der Waals surface area contributed by atoms with Gasteiger partial charge in [0.15, 0.2) is 0 Å². The van der Waals surface area contributed by atoms with Crippen LogP contribution in [-0.4, -0.2) is 40.8 Å². The Morgan fingerprint density at radius 2 is 2.18 bits per heavy atom. The number of phenols is 1. The Labute approximate surface area is 143 Å². The fraction of sp³-hybridized carbons (Fsp3) is 0.154. The molecule has 0 bridgehead atoms. The van der Waals surface area contributed by atoms with Gasteiger partial charge in [-0.1, -0.05) is 27.5 Å². The highest BCUT2D eigenvalue weighted by Gasteiger charge is 2.36. The number of benzene rings is 1. The van der Waals surface area contributed by atoms with Crippen molar-refractivity contribution in [1.29, 1.82) is 0 Å². The molecule has 1 aromatic rings. The first-order valence-corrected chi connectivity index (χ1v) is 7.82. The van der Waals surface area contributed by atoms with Crippen molar-refractivity contribution in [3.8, 4) is 5.75 Å². The van der Waals surface area contributed by atoms with Crippen molar-refractivity contribution in [2.45, 2.75) is 0 Å². The van der Waals surface area contributed by atoms with E-state index >= 15 is 0 Å². The van der Waals surface area contributed by atoms with E-state index in [2.05, 4.69) is 20.7 Å². The van der Waals surface area contributed by atoms with Gasteiger partial charge >= 0.3 is 5.97 Å². The van der Waals surface area contributed by atoms with Gasteiger partial charge < -0.3 is 9.84 Å². The first-order chi connectivity index (χ1) is 10.3. The van der Waals surface area contributed by atoms with Crippen molar-refractivity contribution in [2.24, 2.45) is 0 Å². The minimum Gasteiger partial charge on any atom is -0.506 e. The van der Waals surface area contributed by atoms with Crippen molar-refractivity contribution in [3.05, 3.63) is 32.1 Å². The van der Waals surface area contributed by atoms with Crippen LogP contribution in [0.15, 0.2) is 21.5 Å². The smallest absolute Gasteiger partial charge is 0.325 e. The summed E-state index contributed by atoms with van der Waals surface area (Å²) in [6.45, 7) is -0.455. The molecule has 2 amide bonds. The molecule has 1 aromatic carbocycles. The van der Waals surface area contributed by atoms with Gasteiger partial charge in [-0.2, -0.15) is 0 Å². The molecule has 0 aliphatic carbocycles. The van der Waals surface area contributed by atoms with Crippen LogP contribution < -0.4 is 0 Å². The van der Waals surface area contributed by atoms with Gasteiger partial charge in [-0.25, -0.2) is 0 Å². The lowest BCUT2D eigenvalue weighted by Crippen LogP contribution is -2.34. The van der Waals surface area contributed by atoms with E-state index in [4.69, 9.17) is 11.6 Å². The van der Waals surface area contributed by atoms with Crippen LogP contribution in [0.25, 0.3) is 6.08 Å². The molecule has 0 aromatic heterocycles. The second kappa shape index (κ2) is 6.72. The predicted molar refractivity (Wildman–Crippen MR) is 85.5 cm³/mol. The second-order valence-corrected chi connectivity index (χ2v) is 6.49. The van der Waals surface area contributed by atoms with E-state index in [1.165, 1.54) is 19.3 Å². The molecule has 0 unspecified atom stereocenters. The van der Waals surface area contributed by atoms with Crippen LogP contribution in [0.4, 0.5) is 4.79 Å². The number of hydrogen-bond donors (Lipinski definition) is 1. The molecule has 9 heteroatoms. The predicted octanol–water partition coefficient (Wildman–Crippen LogP) is 3.02. The Hall–Kier alpha value is -1.51. The summed E-state index contributed by atoms with van der Waals surface area (Å²) in [6, 6.07) is 3.05. The zero-order chi connectivity index (χ0) is 16.4. The average molecular weight is 407 g/mol. The lowest BCUT2D eigenvalue weighted by Gasteiger charge is -2.09. The highest BCUT2D eigenvalue weighted by molar-refractivity contribution is 9.10. The van der Waals surface area contributed by atoms with Gasteiger partial charge in [0, 0.05) is 10.0 Å². The molecular formula is C13H9BrClNO5S. The second-order valence-electron chi connectivity index (χ2n) is 4.17. The van der Waals surface area contributed by atoms with Crippen LogP contribution in [0.2, 0.25) is 5.02 Å². The number of carbonyl (C=O) groups excluding carboxylic acids is 3. The summed E-state index contributed by atoms with van der Waals surface area (Å²) in [6.07, 6.45) is 1.34. The lowest BCUT2D eigenvalue weighted by molar-refractivity contribution is -0.143. The number of thioether (sulfide) groups is 1. The summed E-state index contributed by atoms with van der Waals surface area (Å²) in [4.78, 5) is 36.0. The van der Waals surface area contributed by atoms with E-state index in [9.17, 15) is 19.5 Å². The van der Waals surface area contributed by atoms with Crippen molar-refractivity contribution in [1.82, 2.24) is 4.90 Å². The van der Waals surface area contributed by atoms with Gasteiger partial charge in [-0.15, -0.1) is 0 Å². The zero-order valence-electron chi connectivity index (χ0n) is 11.1. The normalized spacial score (nSPS) is 16.5. The molecular weight excluding hydrogens is 398 g/mol. The Balaban J connectivity index is 2.33. The van der Waals surface area contributed by atoms with Gasteiger partial charge in [0.1, 0.15) is 12.3 Å². The fourth-order valence-electron chi connectivity index (χ4n) is 1.67. The van der Waals surface area contributed by atoms with Crippen LogP contribution in [0.3, 0.4) is 0 Å². The lowest BCUT2D eigenvalue weighted by atomic mass is 10.2. The molecule has 1 saturated heterocycles. The SMILES string of the molecule is COC(=O)CN1C(=O)S/C(=C\c2cc(Br)cc(Cl)c2O)C1=O. The number of aromatic hydroxyl groups is 1. The Kier molecular flexibility index (Phi) is 5.15. The fourth-order valence-corrected chi connectivity index (χ4v) is 3.33. The highest BCUT2D eigenvalue weighted by atomic mass is 79.9. The number of imide groups is 1. The van der Waals surface area contributed by atoms with E-state index in [0.29, 0.717) is 16.2 Å². The largest absolute Gasteiger partial charge is 0.506 e. The number of esters is 1. The maximum Gasteiger partial charge on any atom is 0.325 e. The molecule has 0 spiro atoms. The molecule has 6 nitrogen and oxygen atoms in total. The zero-order valence-corrected chi connectivity index (χ0v) is 14.3. The topological polar surface area (TPSA) is 83.9 Å². The van der Waals surface area contributed by atoms with Gasteiger partial charge in [-0.3, -0.25) is 19.3 Å². The first-order valence-electron chi connectivity index (χ1n) is 5.83. The van der Waals surface area contributed by atoms with Crippen LogP contribution in [0, 0.1) is 0 Å². The standard InChI is InChI=1S/C13H9BrClNO5S/c1-21-10(17)5-16-12(19)9(22-13(16)20)3-6-2-7(14)4-8(15)11(6)18/h2-4,18H,5H2,1H3/b9-3-. The molecule has 1 heterocycles. The Morgan fingerprint density at radius 3 is 2.82 bits per heavy atom. The van der Waals surface area contributed by atoms with Crippen LogP contribution >= 0.6 is 39.3 Å². The molecule has 1 aliphatic heterocycles. The quantitative estimate of drug-likeness (QED) is 0.613. The number of nitrogens with zero attached hydrogens (tertiary/aromatic N) is 1. The summed E-state index contributed by atoms with van der Waals surface area (Å²) in [5.41, 5.74) is 0.281. The summed E-state index contributed by atoms with van der Waals surface area (Å²) >= 11 is 9.74. The number of carbonyl (C=O) groups is 3. The Morgan fingerprint density at radius 1 is 1.50 bits per heavy atom. The molecule has 0 radical (unpaired) electrons. The summed E-state index contributed by atoms with van der Waals surface area (Å²) < 4.78 is 5.04. The molecule has 0 atom stereocenters. The van der Waals surface area contributed by atoms with E-state index in [-0.39, 0.29) is 21.2 Å².